The van der Waals surface area contributed by atoms with Gasteiger partial charge in [0.05, 0.1) is 0 Å². The third kappa shape index (κ3) is 4.35. The van der Waals surface area contributed by atoms with E-state index in [0.717, 1.165) is 43.7 Å². The highest BCUT2D eigenvalue weighted by Gasteiger charge is 2.34. The molecule has 3 aliphatic heterocycles. The summed E-state index contributed by atoms with van der Waals surface area (Å²) in [6.45, 7) is 8.44. The summed E-state index contributed by atoms with van der Waals surface area (Å²) in [4.78, 5) is 19.0. The molecular formula is C23H34FN3O. The van der Waals surface area contributed by atoms with Crippen molar-refractivity contribution in [2.75, 3.05) is 44.2 Å². The summed E-state index contributed by atoms with van der Waals surface area (Å²) in [6, 6.07) is 7.57. The third-order valence-electron chi connectivity index (χ3n) is 7.31. The molecule has 5 heteroatoms. The number of likely N-dealkylation sites (tertiary alicyclic amines) is 2. The highest BCUT2D eigenvalue weighted by Crippen LogP contribution is 2.34. The molecule has 0 radical (unpaired) electrons. The number of rotatable bonds is 4. The number of benzene rings is 1. The van der Waals surface area contributed by atoms with Gasteiger partial charge in [0.25, 0.3) is 0 Å². The first kappa shape index (κ1) is 19.7. The molecule has 4 nitrogen and oxygen atoms in total. The van der Waals surface area contributed by atoms with Gasteiger partial charge in [-0.25, -0.2) is 4.39 Å². The van der Waals surface area contributed by atoms with E-state index in [1.54, 1.807) is 12.1 Å². The van der Waals surface area contributed by atoms with Gasteiger partial charge in [-0.3, -0.25) is 9.69 Å². The van der Waals surface area contributed by atoms with Crippen molar-refractivity contribution in [2.24, 2.45) is 11.8 Å². The van der Waals surface area contributed by atoms with Crippen LogP contribution in [0.25, 0.3) is 0 Å². The fraction of sp³-hybridized carbons (Fsp3) is 0.696. The first-order valence-electron chi connectivity index (χ1n) is 11.2. The monoisotopic (exact) mass is 387 g/mol. The van der Waals surface area contributed by atoms with Crippen molar-refractivity contribution in [1.82, 2.24) is 9.80 Å². The lowest BCUT2D eigenvalue weighted by atomic mass is 9.78. The van der Waals surface area contributed by atoms with Crippen molar-refractivity contribution in [3.63, 3.8) is 0 Å². The zero-order valence-corrected chi connectivity index (χ0v) is 17.2. The van der Waals surface area contributed by atoms with Gasteiger partial charge in [0.1, 0.15) is 5.82 Å². The highest BCUT2D eigenvalue weighted by atomic mass is 19.1. The zero-order chi connectivity index (χ0) is 19.5. The molecule has 1 atom stereocenters. The molecule has 154 valence electrons. The molecule has 1 aromatic rings. The second-order valence-corrected chi connectivity index (χ2v) is 8.81. The Hall–Kier alpha value is -1.62. The lowest BCUT2D eigenvalue weighted by molar-refractivity contribution is -0.132. The number of hydrogen-bond acceptors (Lipinski definition) is 3. The van der Waals surface area contributed by atoms with Crippen molar-refractivity contribution in [1.29, 1.82) is 0 Å². The molecule has 1 amide bonds. The van der Waals surface area contributed by atoms with Gasteiger partial charge in [0.2, 0.25) is 5.91 Å². The summed E-state index contributed by atoms with van der Waals surface area (Å²) in [5.41, 5.74) is 1.15. The zero-order valence-electron chi connectivity index (χ0n) is 17.2. The maximum atomic E-state index is 13.2. The number of halogens is 1. The highest BCUT2D eigenvalue weighted by molar-refractivity contribution is 5.75. The Morgan fingerprint density at radius 1 is 0.929 bits per heavy atom. The molecule has 3 heterocycles. The lowest BCUT2D eigenvalue weighted by Crippen LogP contribution is -2.46. The Morgan fingerprint density at radius 2 is 1.54 bits per heavy atom. The summed E-state index contributed by atoms with van der Waals surface area (Å²) in [5.74, 6) is 1.80. The Balaban J connectivity index is 1.23. The molecular weight excluding hydrogens is 353 g/mol. The Labute approximate surface area is 168 Å². The van der Waals surface area contributed by atoms with Crippen LogP contribution in [-0.4, -0.2) is 61.0 Å². The number of anilines is 1. The van der Waals surface area contributed by atoms with Gasteiger partial charge in [-0.05, 0) is 81.3 Å². The molecule has 3 fully saturated rings. The summed E-state index contributed by atoms with van der Waals surface area (Å²) >= 11 is 0. The lowest BCUT2D eigenvalue weighted by Gasteiger charge is -2.41. The van der Waals surface area contributed by atoms with Crippen molar-refractivity contribution >= 4 is 11.6 Å². The van der Waals surface area contributed by atoms with Crippen LogP contribution in [-0.2, 0) is 4.79 Å². The number of hydrogen-bond donors (Lipinski definition) is 0. The normalized spacial score (nSPS) is 25.4. The minimum absolute atomic E-state index is 0.161. The fourth-order valence-corrected chi connectivity index (χ4v) is 5.53. The quantitative estimate of drug-likeness (QED) is 0.787. The molecule has 0 spiro atoms. The second-order valence-electron chi connectivity index (χ2n) is 8.81. The predicted octanol–water partition coefficient (Wildman–Crippen LogP) is 3.77. The average molecular weight is 388 g/mol. The van der Waals surface area contributed by atoms with Crippen molar-refractivity contribution in [3.05, 3.63) is 30.1 Å². The SMILES string of the molecule is CCC(=O)N1CCC(C2CCN(C3CCN(c4ccc(F)cc4)C3)CC2)CC1. The van der Waals surface area contributed by atoms with Crippen LogP contribution in [0.5, 0.6) is 0 Å². The van der Waals surface area contributed by atoms with E-state index in [4.69, 9.17) is 0 Å². The third-order valence-corrected chi connectivity index (χ3v) is 7.31. The van der Waals surface area contributed by atoms with E-state index in [0.29, 0.717) is 18.4 Å². The van der Waals surface area contributed by atoms with Gasteiger partial charge in [-0.1, -0.05) is 6.92 Å². The number of carbonyl (C=O) groups is 1. The van der Waals surface area contributed by atoms with Crippen molar-refractivity contribution in [2.45, 2.75) is 51.5 Å². The first-order chi connectivity index (χ1) is 13.6. The molecule has 0 N–H and O–H groups in total. The van der Waals surface area contributed by atoms with Crippen LogP contribution >= 0.6 is 0 Å². The van der Waals surface area contributed by atoms with Crippen molar-refractivity contribution in [3.8, 4) is 0 Å². The van der Waals surface area contributed by atoms with Gasteiger partial charge < -0.3 is 9.80 Å². The van der Waals surface area contributed by atoms with Gasteiger partial charge in [0, 0.05) is 44.3 Å². The second kappa shape index (κ2) is 8.81. The molecule has 1 aromatic carbocycles. The number of nitrogens with zero attached hydrogens (tertiary/aromatic N) is 3. The molecule has 0 aromatic heterocycles. The van der Waals surface area contributed by atoms with Gasteiger partial charge in [-0.2, -0.15) is 0 Å². The molecule has 0 saturated carbocycles. The van der Waals surface area contributed by atoms with E-state index in [-0.39, 0.29) is 5.82 Å². The van der Waals surface area contributed by atoms with Crippen molar-refractivity contribution < 1.29 is 9.18 Å². The molecule has 4 rings (SSSR count). The fourth-order valence-electron chi connectivity index (χ4n) is 5.53. The minimum atomic E-state index is -0.161. The molecule has 3 saturated heterocycles. The van der Waals surface area contributed by atoms with Gasteiger partial charge in [0.15, 0.2) is 0 Å². The van der Waals surface area contributed by atoms with Crippen LogP contribution < -0.4 is 4.90 Å². The van der Waals surface area contributed by atoms with Crippen LogP contribution in [0.4, 0.5) is 10.1 Å². The largest absolute Gasteiger partial charge is 0.370 e. The molecule has 3 aliphatic rings. The number of amides is 1. The topological polar surface area (TPSA) is 26.8 Å². The van der Waals surface area contributed by atoms with Crippen LogP contribution in [0.3, 0.4) is 0 Å². The van der Waals surface area contributed by atoms with Gasteiger partial charge >= 0.3 is 0 Å². The Kier molecular flexibility index (Phi) is 6.19. The molecule has 0 aliphatic carbocycles. The number of carbonyl (C=O) groups excluding carboxylic acids is 1. The minimum Gasteiger partial charge on any atom is -0.370 e. The van der Waals surface area contributed by atoms with E-state index in [2.05, 4.69) is 14.7 Å². The molecule has 28 heavy (non-hydrogen) atoms. The van der Waals surface area contributed by atoms with Gasteiger partial charge in [-0.15, -0.1) is 0 Å². The summed E-state index contributed by atoms with van der Waals surface area (Å²) < 4.78 is 13.2. The summed E-state index contributed by atoms with van der Waals surface area (Å²) in [5, 5.41) is 0. The van der Waals surface area contributed by atoms with Crippen LogP contribution in [0, 0.1) is 17.7 Å². The van der Waals surface area contributed by atoms with Crippen LogP contribution in [0.15, 0.2) is 24.3 Å². The first-order valence-corrected chi connectivity index (χ1v) is 11.2. The summed E-state index contributed by atoms with van der Waals surface area (Å²) in [6.07, 6.45) is 6.84. The van der Waals surface area contributed by atoms with E-state index in [9.17, 15) is 9.18 Å². The van der Waals surface area contributed by atoms with E-state index in [1.807, 2.05) is 19.1 Å². The van der Waals surface area contributed by atoms with E-state index >= 15 is 0 Å². The molecule has 0 bridgehead atoms. The summed E-state index contributed by atoms with van der Waals surface area (Å²) in [7, 11) is 0. The number of piperidine rings is 2. The van der Waals surface area contributed by atoms with Crippen LogP contribution in [0.1, 0.15) is 45.4 Å². The maximum absolute atomic E-state index is 13.2. The average Bonchev–Trinajstić information content (AvgIpc) is 3.24. The predicted molar refractivity (Wildman–Crippen MR) is 111 cm³/mol. The standard InChI is InChI=1S/C23H34FN3O/c1-2-23(28)26-14-9-19(10-15-26)18-7-12-25(13-8-18)22-11-16-27(17-22)21-5-3-20(24)4-6-21/h3-6,18-19,22H,2,7-17H2,1H3. The van der Waals surface area contributed by atoms with Crippen LogP contribution in [0.2, 0.25) is 0 Å². The Bertz CT molecular complexity index is 648. The smallest absolute Gasteiger partial charge is 0.222 e. The van der Waals surface area contributed by atoms with E-state index < -0.39 is 0 Å². The maximum Gasteiger partial charge on any atom is 0.222 e. The molecule has 1 unspecified atom stereocenters. The Morgan fingerprint density at radius 3 is 2.14 bits per heavy atom. The van der Waals surface area contributed by atoms with E-state index in [1.165, 1.54) is 45.2 Å².